The molecule has 0 aliphatic heterocycles. The van der Waals surface area contributed by atoms with Crippen molar-refractivity contribution in [2.45, 2.75) is 11.8 Å². The molecule has 2 nitrogen and oxygen atoms in total. The van der Waals surface area contributed by atoms with Crippen LogP contribution in [0.15, 0.2) is 29.2 Å². The Morgan fingerprint density at radius 2 is 2.21 bits per heavy atom. The Labute approximate surface area is 87.6 Å². The third-order valence-electron chi connectivity index (χ3n) is 1.79. The molecular formula is C11H12O2S. The first-order chi connectivity index (χ1) is 6.63. The molecule has 1 aromatic rings. The second-order valence-electron chi connectivity index (χ2n) is 2.92. The van der Waals surface area contributed by atoms with Crippen molar-refractivity contribution in [3.63, 3.8) is 0 Å². The van der Waals surface area contributed by atoms with E-state index >= 15 is 0 Å². The van der Waals surface area contributed by atoms with Crippen LogP contribution >= 0.6 is 11.8 Å². The van der Waals surface area contributed by atoms with E-state index in [1.54, 1.807) is 17.8 Å². The number of rotatable bonds is 3. The van der Waals surface area contributed by atoms with E-state index in [9.17, 15) is 4.79 Å². The van der Waals surface area contributed by atoms with Crippen molar-refractivity contribution in [3.05, 3.63) is 35.4 Å². The van der Waals surface area contributed by atoms with Gasteiger partial charge in [0.1, 0.15) is 0 Å². The average molecular weight is 208 g/mol. The predicted octanol–water partition coefficient (Wildman–Crippen LogP) is 2.81. The smallest absolute Gasteiger partial charge is 0.328 e. The summed E-state index contributed by atoms with van der Waals surface area (Å²) in [4.78, 5) is 11.5. The number of carbonyl (C=O) groups is 1. The summed E-state index contributed by atoms with van der Waals surface area (Å²) in [5.41, 5.74) is 2.09. The van der Waals surface area contributed by atoms with Gasteiger partial charge in [0, 0.05) is 11.0 Å². The maximum atomic E-state index is 10.4. The molecule has 0 saturated heterocycles. The van der Waals surface area contributed by atoms with Crippen LogP contribution < -0.4 is 0 Å². The highest BCUT2D eigenvalue weighted by molar-refractivity contribution is 7.98. The van der Waals surface area contributed by atoms with Crippen LogP contribution in [0.3, 0.4) is 0 Å². The lowest BCUT2D eigenvalue weighted by Gasteiger charge is -2.03. The lowest BCUT2D eigenvalue weighted by atomic mass is 10.1. The zero-order chi connectivity index (χ0) is 10.6. The van der Waals surface area contributed by atoms with Crippen molar-refractivity contribution in [3.8, 4) is 0 Å². The number of carboxylic acids is 1. The van der Waals surface area contributed by atoms with Crippen LogP contribution in [0.4, 0.5) is 0 Å². The summed E-state index contributed by atoms with van der Waals surface area (Å²) in [7, 11) is 0. The van der Waals surface area contributed by atoms with Crippen LogP contribution in [0, 0.1) is 6.92 Å². The van der Waals surface area contributed by atoms with Gasteiger partial charge in [0.05, 0.1) is 0 Å². The maximum Gasteiger partial charge on any atom is 0.328 e. The second kappa shape index (κ2) is 4.86. The van der Waals surface area contributed by atoms with Gasteiger partial charge in [-0.1, -0.05) is 17.7 Å². The lowest BCUT2D eigenvalue weighted by molar-refractivity contribution is -0.131. The molecule has 1 N–H and O–H groups in total. The van der Waals surface area contributed by atoms with Gasteiger partial charge in [0.15, 0.2) is 0 Å². The molecule has 0 bridgehead atoms. The molecule has 1 aromatic carbocycles. The molecule has 0 radical (unpaired) electrons. The Kier molecular flexibility index (Phi) is 3.77. The summed E-state index contributed by atoms with van der Waals surface area (Å²) in [6.07, 6.45) is 4.76. The van der Waals surface area contributed by atoms with Crippen molar-refractivity contribution < 1.29 is 9.90 Å². The molecule has 0 saturated carbocycles. The van der Waals surface area contributed by atoms with Crippen LogP contribution in [-0.4, -0.2) is 17.3 Å². The van der Waals surface area contributed by atoms with E-state index in [-0.39, 0.29) is 0 Å². The number of aliphatic carboxylic acids is 1. The summed E-state index contributed by atoms with van der Waals surface area (Å²) in [5, 5.41) is 8.51. The van der Waals surface area contributed by atoms with Gasteiger partial charge in [-0.25, -0.2) is 4.79 Å². The van der Waals surface area contributed by atoms with Crippen molar-refractivity contribution in [1.82, 2.24) is 0 Å². The SMILES string of the molecule is CSc1ccc(C)cc1/C=C\C(=O)O. The Hall–Kier alpha value is -1.22. The van der Waals surface area contributed by atoms with Gasteiger partial charge >= 0.3 is 5.97 Å². The van der Waals surface area contributed by atoms with E-state index in [4.69, 9.17) is 5.11 Å². The summed E-state index contributed by atoms with van der Waals surface area (Å²) >= 11 is 1.61. The van der Waals surface area contributed by atoms with E-state index in [2.05, 4.69) is 0 Å². The molecule has 0 unspecified atom stereocenters. The normalized spacial score (nSPS) is 10.7. The van der Waals surface area contributed by atoms with Gasteiger partial charge in [-0.05, 0) is 30.9 Å². The zero-order valence-electron chi connectivity index (χ0n) is 8.15. The molecule has 1 rings (SSSR count). The van der Waals surface area contributed by atoms with E-state index in [0.717, 1.165) is 22.1 Å². The Balaban J connectivity index is 3.04. The van der Waals surface area contributed by atoms with Crippen LogP contribution in [0.1, 0.15) is 11.1 Å². The fourth-order valence-electron chi connectivity index (χ4n) is 1.15. The lowest BCUT2D eigenvalue weighted by Crippen LogP contribution is -1.87. The first-order valence-corrected chi connectivity index (χ1v) is 5.41. The van der Waals surface area contributed by atoms with Crippen LogP contribution in [0.2, 0.25) is 0 Å². The number of aryl methyl sites for hydroxylation is 1. The molecule has 0 aliphatic carbocycles. The molecule has 0 aliphatic rings. The van der Waals surface area contributed by atoms with Gasteiger partial charge < -0.3 is 5.11 Å². The van der Waals surface area contributed by atoms with Gasteiger partial charge in [-0.2, -0.15) is 0 Å². The number of carboxylic acid groups (broad SMARTS) is 1. The maximum absolute atomic E-state index is 10.4. The molecule has 14 heavy (non-hydrogen) atoms. The third kappa shape index (κ3) is 2.92. The summed E-state index contributed by atoms with van der Waals surface area (Å²) in [5.74, 6) is -0.918. The number of hydrogen-bond donors (Lipinski definition) is 1. The monoisotopic (exact) mass is 208 g/mol. The van der Waals surface area contributed by atoms with E-state index < -0.39 is 5.97 Å². The van der Waals surface area contributed by atoms with Crippen molar-refractivity contribution in [2.24, 2.45) is 0 Å². The van der Waals surface area contributed by atoms with Crippen LogP contribution in [0.25, 0.3) is 6.08 Å². The van der Waals surface area contributed by atoms with Gasteiger partial charge in [0.2, 0.25) is 0 Å². The Bertz CT molecular complexity index is 370. The van der Waals surface area contributed by atoms with E-state index in [0.29, 0.717) is 0 Å². The first kappa shape index (κ1) is 10.9. The van der Waals surface area contributed by atoms with Crippen LogP contribution in [-0.2, 0) is 4.79 Å². The highest BCUT2D eigenvalue weighted by atomic mass is 32.2. The second-order valence-corrected chi connectivity index (χ2v) is 3.77. The summed E-state index contributed by atoms with van der Waals surface area (Å²) in [6, 6.07) is 6.00. The molecule has 0 aromatic heterocycles. The molecule has 0 spiro atoms. The molecular weight excluding hydrogens is 196 g/mol. The summed E-state index contributed by atoms with van der Waals surface area (Å²) < 4.78 is 0. The fourth-order valence-corrected chi connectivity index (χ4v) is 1.71. The van der Waals surface area contributed by atoms with Crippen molar-refractivity contribution >= 4 is 23.8 Å². The molecule has 74 valence electrons. The van der Waals surface area contributed by atoms with E-state index in [1.165, 1.54) is 0 Å². The minimum atomic E-state index is -0.918. The average Bonchev–Trinajstić information content (AvgIpc) is 2.15. The summed E-state index contributed by atoms with van der Waals surface area (Å²) in [6.45, 7) is 1.99. The third-order valence-corrected chi connectivity index (χ3v) is 2.60. The molecule has 0 amide bonds. The van der Waals surface area contributed by atoms with Gasteiger partial charge in [-0.3, -0.25) is 0 Å². The zero-order valence-corrected chi connectivity index (χ0v) is 8.97. The number of benzene rings is 1. The molecule has 0 fully saturated rings. The quantitative estimate of drug-likeness (QED) is 0.613. The van der Waals surface area contributed by atoms with E-state index in [1.807, 2.05) is 31.4 Å². The largest absolute Gasteiger partial charge is 0.478 e. The minimum Gasteiger partial charge on any atom is -0.478 e. The Morgan fingerprint density at radius 1 is 1.50 bits per heavy atom. The number of hydrogen-bond acceptors (Lipinski definition) is 2. The van der Waals surface area contributed by atoms with Crippen LogP contribution in [0.5, 0.6) is 0 Å². The Morgan fingerprint density at radius 3 is 2.79 bits per heavy atom. The highest BCUT2D eigenvalue weighted by Crippen LogP contribution is 2.22. The minimum absolute atomic E-state index is 0.918. The van der Waals surface area contributed by atoms with Crippen molar-refractivity contribution in [1.29, 1.82) is 0 Å². The molecule has 0 heterocycles. The fraction of sp³-hybridized carbons (Fsp3) is 0.182. The van der Waals surface area contributed by atoms with Gasteiger partial charge in [-0.15, -0.1) is 11.8 Å². The first-order valence-electron chi connectivity index (χ1n) is 4.19. The standard InChI is InChI=1S/C11H12O2S/c1-8-3-5-10(14-2)9(7-8)4-6-11(12)13/h3-7H,1-2H3,(H,12,13)/b6-4-. The molecule has 3 heteroatoms. The van der Waals surface area contributed by atoms with Crippen molar-refractivity contribution in [2.75, 3.05) is 6.26 Å². The molecule has 0 atom stereocenters. The topological polar surface area (TPSA) is 37.3 Å². The predicted molar refractivity (Wildman–Crippen MR) is 59.6 cm³/mol. The highest BCUT2D eigenvalue weighted by Gasteiger charge is 1.98. The van der Waals surface area contributed by atoms with Gasteiger partial charge in [0.25, 0.3) is 0 Å². The number of thioether (sulfide) groups is 1.